The summed E-state index contributed by atoms with van der Waals surface area (Å²) in [5.74, 6) is 0.292. The highest BCUT2D eigenvalue weighted by Crippen LogP contribution is 2.27. The second kappa shape index (κ2) is 3.34. The van der Waals surface area contributed by atoms with Crippen molar-refractivity contribution < 1.29 is 13.2 Å². The SMILES string of the molecule is FC(F)(F)c1ccn(-c2ccncn2)n1. The lowest BCUT2D eigenvalue weighted by Crippen LogP contribution is -2.07. The van der Waals surface area contributed by atoms with E-state index >= 15 is 0 Å². The molecular formula is C8H5F3N4. The van der Waals surface area contributed by atoms with Gasteiger partial charge in [-0.25, -0.2) is 14.6 Å². The van der Waals surface area contributed by atoms with Crippen molar-refractivity contribution in [2.24, 2.45) is 0 Å². The van der Waals surface area contributed by atoms with E-state index in [4.69, 9.17) is 0 Å². The van der Waals surface area contributed by atoms with E-state index in [1.807, 2.05) is 0 Å². The molecule has 0 radical (unpaired) electrons. The minimum absolute atomic E-state index is 0.292. The fraction of sp³-hybridized carbons (Fsp3) is 0.125. The first-order chi connectivity index (χ1) is 7.07. The van der Waals surface area contributed by atoms with Crippen molar-refractivity contribution in [3.8, 4) is 5.82 Å². The standard InChI is InChI=1S/C8H5F3N4/c9-8(10,11)6-2-4-15(14-6)7-1-3-12-5-13-7/h1-5H. The lowest BCUT2D eigenvalue weighted by molar-refractivity contribution is -0.141. The Morgan fingerprint density at radius 1 is 1.20 bits per heavy atom. The number of rotatable bonds is 1. The molecule has 0 bridgehead atoms. The van der Waals surface area contributed by atoms with Gasteiger partial charge in [-0.05, 0) is 6.07 Å². The van der Waals surface area contributed by atoms with Crippen molar-refractivity contribution in [3.63, 3.8) is 0 Å². The van der Waals surface area contributed by atoms with E-state index in [0.29, 0.717) is 5.82 Å². The van der Waals surface area contributed by atoms with Crippen LogP contribution in [0.5, 0.6) is 0 Å². The fourth-order valence-electron chi connectivity index (χ4n) is 1.02. The van der Waals surface area contributed by atoms with E-state index in [9.17, 15) is 13.2 Å². The Hall–Kier alpha value is -1.92. The minimum atomic E-state index is -4.43. The zero-order valence-corrected chi connectivity index (χ0v) is 7.31. The zero-order chi connectivity index (χ0) is 10.9. The number of nitrogens with zero attached hydrogens (tertiary/aromatic N) is 4. The molecule has 0 aliphatic rings. The number of aromatic nitrogens is 4. The van der Waals surface area contributed by atoms with E-state index in [0.717, 1.165) is 10.7 Å². The highest BCUT2D eigenvalue weighted by Gasteiger charge is 2.33. The Morgan fingerprint density at radius 2 is 2.00 bits per heavy atom. The van der Waals surface area contributed by atoms with Crippen molar-refractivity contribution in [3.05, 3.63) is 36.5 Å². The van der Waals surface area contributed by atoms with Crippen LogP contribution in [0.2, 0.25) is 0 Å². The largest absolute Gasteiger partial charge is 0.435 e. The molecule has 0 spiro atoms. The summed E-state index contributed by atoms with van der Waals surface area (Å²) in [7, 11) is 0. The lowest BCUT2D eigenvalue weighted by atomic mass is 10.4. The second-order valence-electron chi connectivity index (χ2n) is 2.71. The van der Waals surface area contributed by atoms with Crippen LogP contribution in [0.15, 0.2) is 30.9 Å². The number of hydrogen-bond acceptors (Lipinski definition) is 3. The Balaban J connectivity index is 2.37. The third-order valence-corrected chi connectivity index (χ3v) is 1.68. The van der Waals surface area contributed by atoms with Gasteiger partial charge in [0, 0.05) is 18.5 Å². The summed E-state index contributed by atoms with van der Waals surface area (Å²) >= 11 is 0. The zero-order valence-electron chi connectivity index (χ0n) is 7.31. The Bertz CT molecular complexity index is 448. The molecule has 0 saturated heterocycles. The summed E-state index contributed by atoms with van der Waals surface area (Å²) in [5, 5.41) is 3.35. The van der Waals surface area contributed by atoms with Crippen molar-refractivity contribution in [1.29, 1.82) is 0 Å². The molecule has 7 heteroatoms. The maximum Gasteiger partial charge on any atom is 0.435 e. The van der Waals surface area contributed by atoms with E-state index < -0.39 is 11.9 Å². The van der Waals surface area contributed by atoms with Crippen molar-refractivity contribution >= 4 is 0 Å². The lowest BCUT2D eigenvalue weighted by Gasteiger charge is -2.01. The summed E-state index contributed by atoms with van der Waals surface area (Å²) < 4.78 is 37.7. The Kier molecular flexibility index (Phi) is 2.14. The molecule has 15 heavy (non-hydrogen) atoms. The quantitative estimate of drug-likeness (QED) is 0.725. The van der Waals surface area contributed by atoms with E-state index in [-0.39, 0.29) is 0 Å². The van der Waals surface area contributed by atoms with Gasteiger partial charge in [0.1, 0.15) is 6.33 Å². The maximum absolute atomic E-state index is 12.2. The molecule has 0 amide bonds. The van der Waals surface area contributed by atoms with E-state index in [1.165, 1.54) is 24.8 Å². The number of hydrogen-bond donors (Lipinski definition) is 0. The van der Waals surface area contributed by atoms with Crippen molar-refractivity contribution in [2.75, 3.05) is 0 Å². The van der Waals surface area contributed by atoms with Crippen LogP contribution in [0.25, 0.3) is 5.82 Å². The molecule has 78 valence electrons. The van der Waals surface area contributed by atoms with Crippen LogP contribution in [-0.2, 0) is 6.18 Å². The molecule has 0 unspecified atom stereocenters. The van der Waals surface area contributed by atoms with Crippen LogP contribution in [-0.4, -0.2) is 19.7 Å². The Morgan fingerprint density at radius 3 is 2.53 bits per heavy atom. The molecule has 0 N–H and O–H groups in total. The van der Waals surface area contributed by atoms with Gasteiger partial charge in [0.2, 0.25) is 0 Å². The predicted octanol–water partition coefficient (Wildman–Crippen LogP) is 1.68. The molecule has 0 saturated carbocycles. The molecule has 4 nitrogen and oxygen atoms in total. The smallest absolute Gasteiger partial charge is 0.245 e. The molecule has 2 heterocycles. The summed E-state index contributed by atoms with van der Waals surface area (Å²) in [4.78, 5) is 7.42. The van der Waals surface area contributed by atoms with Crippen LogP contribution in [0.3, 0.4) is 0 Å². The normalized spacial score (nSPS) is 11.7. The summed E-state index contributed by atoms with van der Waals surface area (Å²) in [6.45, 7) is 0. The topological polar surface area (TPSA) is 43.6 Å². The van der Waals surface area contributed by atoms with Gasteiger partial charge >= 0.3 is 6.18 Å². The molecular weight excluding hydrogens is 209 g/mol. The van der Waals surface area contributed by atoms with Crippen LogP contribution in [0.1, 0.15) is 5.69 Å². The first-order valence-electron chi connectivity index (χ1n) is 3.96. The van der Waals surface area contributed by atoms with Gasteiger partial charge in [0.25, 0.3) is 0 Å². The average molecular weight is 214 g/mol. The summed E-state index contributed by atoms with van der Waals surface area (Å²) in [6.07, 6.45) is -0.564. The third kappa shape index (κ3) is 1.95. The molecule has 0 aliphatic carbocycles. The van der Waals surface area contributed by atoms with Gasteiger partial charge < -0.3 is 0 Å². The van der Waals surface area contributed by atoms with E-state index in [2.05, 4.69) is 15.1 Å². The molecule has 2 rings (SSSR count). The van der Waals surface area contributed by atoms with Crippen LogP contribution in [0.4, 0.5) is 13.2 Å². The first-order valence-corrected chi connectivity index (χ1v) is 3.96. The van der Waals surface area contributed by atoms with Gasteiger partial charge in [-0.1, -0.05) is 0 Å². The predicted molar refractivity (Wildman–Crippen MR) is 44.2 cm³/mol. The molecule has 2 aromatic rings. The number of alkyl halides is 3. The van der Waals surface area contributed by atoms with E-state index in [1.54, 1.807) is 0 Å². The fourth-order valence-corrected chi connectivity index (χ4v) is 1.02. The Labute approximate surface area is 82.4 Å². The van der Waals surface area contributed by atoms with Gasteiger partial charge in [-0.3, -0.25) is 0 Å². The first kappa shape index (κ1) is 9.63. The molecule has 0 fully saturated rings. The third-order valence-electron chi connectivity index (χ3n) is 1.68. The maximum atomic E-state index is 12.2. The van der Waals surface area contributed by atoms with Crippen LogP contribution < -0.4 is 0 Å². The summed E-state index contributed by atoms with van der Waals surface area (Å²) in [6, 6.07) is 2.36. The van der Waals surface area contributed by atoms with Crippen molar-refractivity contribution in [1.82, 2.24) is 19.7 Å². The number of halogens is 3. The minimum Gasteiger partial charge on any atom is -0.245 e. The highest BCUT2D eigenvalue weighted by molar-refractivity contribution is 5.19. The van der Waals surface area contributed by atoms with Gasteiger partial charge in [-0.15, -0.1) is 0 Å². The molecule has 2 aromatic heterocycles. The molecule has 0 aliphatic heterocycles. The van der Waals surface area contributed by atoms with Gasteiger partial charge in [-0.2, -0.15) is 18.3 Å². The average Bonchev–Trinajstić information content (AvgIpc) is 2.67. The highest BCUT2D eigenvalue weighted by atomic mass is 19.4. The van der Waals surface area contributed by atoms with Crippen molar-refractivity contribution in [2.45, 2.75) is 6.18 Å². The molecule has 0 aromatic carbocycles. The summed E-state index contributed by atoms with van der Waals surface area (Å²) in [5.41, 5.74) is -0.943. The van der Waals surface area contributed by atoms with Gasteiger partial charge in [0.05, 0.1) is 0 Å². The second-order valence-corrected chi connectivity index (χ2v) is 2.71. The van der Waals surface area contributed by atoms with Crippen LogP contribution >= 0.6 is 0 Å². The van der Waals surface area contributed by atoms with Crippen LogP contribution in [0, 0.1) is 0 Å². The van der Waals surface area contributed by atoms with Gasteiger partial charge in [0.15, 0.2) is 11.5 Å². The molecule has 0 atom stereocenters. The monoisotopic (exact) mass is 214 g/mol.